The first-order chi connectivity index (χ1) is 13.8. The maximum absolute atomic E-state index is 12.8. The molecule has 9 nitrogen and oxygen atoms in total. The number of ether oxygens (including phenoxy) is 2. The molecule has 1 aromatic carbocycles. The summed E-state index contributed by atoms with van der Waals surface area (Å²) in [4.78, 5) is 39.1. The molecular weight excluding hydrogens is 378 g/mol. The Morgan fingerprint density at radius 2 is 2.03 bits per heavy atom. The monoisotopic (exact) mass is 405 g/mol. The number of amides is 2. The number of rotatable bonds is 9. The number of hydrogen-bond acceptors (Lipinski definition) is 6. The number of anilines is 1. The van der Waals surface area contributed by atoms with Crippen molar-refractivity contribution < 1.29 is 29.0 Å². The number of primary amides is 1. The number of carbonyl (C=O) groups excluding carboxylic acids is 2. The molecule has 1 aromatic rings. The summed E-state index contributed by atoms with van der Waals surface area (Å²) in [5, 5.41) is 8.90. The van der Waals surface area contributed by atoms with Gasteiger partial charge in [0.2, 0.25) is 5.91 Å². The van der Waals surface area contributed by atoms with E-state index in [1.807, 2.05) is 12.1 Å². The second-order valence-corrected chi connectivity index (χ2v) is 7.46. The fraction of sp³-hybridized carbons (Fsp3) is 0.550. The number of fused-ring (bicyclic) bond motifs is 1. The van der Waals surface area contributed by atoms with Crippen LogP contribution in [0.1, 0.15) is 35.2 Å². The maximum atomic E-state index is 12.8. The van der Waals surface area contributed by atoms with Crippen molar-refractivity contribution in [3.63, 3.8) is 0 Å². The van der Waals surface area contributed by atoms with Crippen LogP contribution < -0.4 is 10.6 Å². The number of methoxy groups -OCH3 is 2. The van der Waals surface area contributed by atoms with Crippen LogP contribution in [0, 0.1) is 5.92 Å². The number of nitrogens with zero attached hydrogens (tertiary/aromatic N) is 2. The minimum absolute atomic E-state index is 0.000477. The van der Waals surface area contributed by atoms with Crippen molar-refractivity contribution >= 4 is 23.5 Å². The number of benzene rings is 1. The highest BCUT2D eigenvalue weighted by Gasteiger charge is 2.36. The van der Waals surface area contributed by atoms with E-state index >= 15 is 0 Å². The number of nitrogens with two attached hydrogens (primary N) is 1. The molecule has 29 heavy (non-hydrogen) atoms. The van der Waals surface area contributed by atoms with Crippen molar-refractivity contribution in [3.05, 3.63) is 29.3 Å². The third kappa shape index (κ3) is 4.35. The molecule has 3 N–H and O–H groups in total. The highest BCUT2D eigenvalue weighted by molar-refractivity contribution is 6.01. The molecule has 0 aromatic heterocycles. The van der Waals surface area contributed by atoms with Crippen molar-refractivity contribution in [3.8, 4) is 0 Å². The van der Waals surface area contributed by atoms with Crippen LogP contribution in [0.15, 0.2) is 18.2 Å². The Morgan fingerprint density at radius 1 is 1.31 bits per heavy atom. The Bertz CT molecular complexity index is 794. The molecule has 0 spiro atoms. The van der Waals surface area contributed by atoms with Crippen LogP contribution in [0.25, 0.3) is 0 Å². The average molecular weight is 405 g/mol. The maximum Gasteiger partial charge on any atom is 0.303 e. The van der Waals surface area contributed by atoms with E-state index in [0.717, 1.165) is 30.8 Å². The minimum Gasteiger partial charge on any atom is -0.481 e. The molecule has 158 valence electrons. The van der Waals surface area contributed by atoms with E-state index in [-0.39, 0.29) is 37.5 Å². The zero-order valence-corrected chi connectivity index (χ0v) is 16.7. The Balaban J connectivity index is 1.74. The highest BCUT2D eigenvalue weighted by Crippen LogP contribution is 2.32. The molecule has 0 saturated carbocycles. The SMILES string of the molecule is COC(OC)[C@@H]1CCN(c2ccc3c(c2)CN(C(CCC(=O)O)C(N)=O)C3=O)C1. The molecule has 1 saturated heterocycles. The van der Waals surface area contributed by atoms with Crippen LogP contribution in [-0.4, -0.2) is 67.4 Å². The van der Waals surface area contributed by atoms with Gasteiger partial charge in [0.05, 0.1) is 0 Å². The topological polar surface area (TPSA) is 122 Å². The molecule has 2 aliphatic rings. The molecular formula is C20H27N3O6. The second kappa shape index (κ2) is 8.79. The Labute approximate surface area is 169 Å². The third-order valence-corrected chi connectivity index (χ3v) is 5.70. The van der Waals surface area contributed by atoms with Gasteiger partial charge in [0.15, 0.2) is 6.29 Å². The van der Waals surface area contributed by atoms with Crippen LogP contribution >= 0.6 is 0 Å². The van der Waals surface area contributed by atoms with Gasteiger partial charge in [0.25, 0.3) is 5.91 Å². The summed E-state index contributed by atoms with van der Waals surface area (Å²) in [6, 6.07) is 4.68. The first-order valence-corrected chi connectivity index (χ1v) is 9.61. The fourth-order valence-electron chi connectivity index (χ4n) is 4.22. The van der Waals surface area contributed by atoms with E-state index in [2.05, 4.69) is 4.90 Å². The summed E-state index contributed by atoms with van der Waals surface area (Å²) in [6.07, 6.45) is 0.458. The van der Waals surface area contributed by atoms with E-state index in [4.69, 9.17) is 20.3 Å². The number of carbonyl (C=O) groups is 3. The summed E-state index contributed by atoms with van der Waals surface area (Å²) in [5.74, 6) is -1.76. The van der Waals surface area contributed by atoms with Crippen molar-refractivity contribution in [2.75, 3.05) is 32.2 Å². The molecule has 2 heterocycles. The van der Waals surface area contributed by atoms with Crippen molar-refractivity contribution in [2.24, 2.45) is 11.7 Å². The quantitative estimate of drug-likeness (QED) is 0.583. The Morgan fingerprint density at radius 3 is 2.66 bits per heavy atom. The van der Waals surface area contributed by atoms with Gasteiger partial charge in [-0.05, 0) is 36.6 Å². The lowest BCUT2D eigenvalue weighted by Crippen LogP contribution is -2.45. The molecule has 3 rings (SSSR count). The number of hydrogen-bond donors (Lipinski definition) is 2. The lowest BCUT2D eigenvalue weighted by Gasteiger charge is -2.24. The van der Waals surface area contributed by atoms with Crippen LogP contribution in [0.3, 0.4) is 0 Å². The molecule has 2 atom stereocenters. The smallest absolute Gasteiger partial charge is 0.303 e. The standard InChI is InChI=1S/C20H27N3O6/c1-28-20(29-2)12-7-8-22(10-12)14-3-4-15-13(9-14)11-23(19(15)27)16(18(21)26)5-6-17(24)25/h3-4,9,12,16,20H,5-8,10-11H2,1-2H3,(H2,21,26)(H,24,25)/t12-,16?/m1/s1. The number of carboxylic acids is 1. The predicted octanol–water partition coefficient (Wildman–Crippen LogP) is 0.806. The van der Waals surface area contributed by atoms with E-state index < -0.39 is 17.9 Å². The van der Waals surface area contributed by atoms with Gasteiger partial charge in [-0.1, -0.05) is 0 Å². The van der Waals surface area contributed by atoms with Crippen LogP contribution in [0.4, 0.5) is 5.69 Å². The molecule has 0 aliphatic carbocycles. The molecule has 2 aliphatic heterocycles. The Hall–Kier alpha value is -2.65. The lowest BCUT2D eigenvalue weighted by atomic mass is 10.1. The van der Waals surface area contributed by atoms with Gasteiger partial charge < -0.3 is 30.1 Å². The van der Waals surface area contributed by atoms with E-state index in [9.17, 15) is 14.4 Å². The van der Waals surface area contributed by atoms with Crippen molar-refractivity contribution in [1.29, 1.82) is 0 Å². The fourth-order valence-corrected chi connectivity index (χ4v) is 4.22. The van der Waals surface area contributed by atoms with Crippen molar-refractivity contribution in [1.82, 2.24) is 4.90 Å². The first-order valence-electron chi connectivity index (χ1n) is 9.61. The summed E-state index contributed by atoms with van der Waals surface area (Å²) in [5.41, 5.74) is 7.77. The van der Waals surface area contributed by atoms with Gasteiger partial charge in [-0.25, -0.2) is 0 Å². The van der Waals surface area contributed by atoms with Crippen molar-refractivity contribution in [2.45, 2.75) is 38.1 Å². The van der Waals surface area contributed by atoms with Gasteiger partial charge in [-0.2, -0.15) is 0 Å². The van der Waals surface area contributed by atoms with E-state index in [1.165, 1.54) is 4.90 Å². The molecule has 9 heteroatoms. The summed E-state index contributed by atoms with van der Waals surface area (Å²) in [7, 11) is 3.26. The first kappa shape index (κ1) is 21.1. The number of carboxylic acid groups (broad SMARTS) is 1. The summed E-state index contributed by atoms with van der Waals surface area (Å²) < 4.78 is 10.7. The predicted molar refractivity (Wildman–Crippen MR) is 104 cm³/mol. The van der Waals surface area contributed by atoms with Gasteiger partial charge in [0, 0.05) is 57.4 Å². The van der Waals surface area contributed by atoms with Gasteiger partial charge in [-0.15, -0.1) is 0 Å². The van der Waals surface area contributed by atoms with Crippen LogP contribution in [-0.2, 0) is 25.6 Å². The average Bonchev–Trinajstić information content (AvgIpc) is 3.28. The highest BCUT2D eigenvalue weighted by atomic mass is 16.7. The molecule has 0 radical (unpaired) electrons. The summed E-state index contributed by atoms with van der Waals surface area (Å²) >= 11 is 0. The Kier molecular flexibility index (Phi) is 6.39. The third-order valence-electron chi connectivity index (χ3n) is 5.70. The lowest BCUT2D eigenvalue weighted by molar-refractivity contribution is -0.137. The van der Waals surface area contributed by atoms with Crippen LogP contribution in [0.2, 0.25) is 0 Å². The number of aliphatic carboxylic acids is 1. The largest absolute Gasteiger partial charge is 0.481 e. The van der Waals surface area contributed by atoms with E-state index in [0.29, 0.717) is 5.56 Å². The molecule has 2 amide bonds. The molecule has 1 fully saturated rings. The second-order valence-electron chi connectivity index (χ2n) is 7.46. The van der Waals surface area contributed by atoms with Gasteiger partial charge in [-0.3, -0.25) is 14.4 Å². The van der Waals surface area contributed by atoms with Gasteiger partial charge in [0.1, 0.15) is 6.04 Å². The van der Waals surface area contributed by atoms with Crippen LogP contribution in [0.5, 0.6) is 0 Å². The summed E-state index contributed by atoms with van der Waals surface area (Å²) in [6.45, 7) is 1.88. The normalized spacial score (nSPS) is 19.7. The zero-order valence-electron chi connectivity index (χ0n) is 16.7. The minimum atomic E-state index is -1.03. The molecule has 0 bridgehead atoms. The zero-order chi connectivity index (χ0) is 21.1. The molecule has 1 unspecified atom stereocenters. The van der Waals surface area contributed by atoms with E-state index in [1.54, 1.807) is 20.3 Å². The van der Waals surface area contributed by atoms with Gasteiger partial charge >= 0.3 is 5.97 Å².